The van der Waals surface area contributed by atoms with Crippen LogP contribution in [0.1, 0.15) is 19.3 Å². The topological polar surface area (TPSA) is 66.0 Å². The summed E-state index contributed by atoms with van der Waals surface area (Å²) in [7, 11) is 0. The van der Waals surface area contributed by atoms with Crippen LogP contribution in [0.25, 0.3) is 10.9 Å². The molecule has 2 aromatic heterocycles. The van der Waals surface area contributed by atoms with E-state index in [-0.39, 0.29) is 0 Å². The molecule has 0 atom stereocenters. The second kappa shape index (κ2) is 8.37. The Morgan fingerprint density at radius 1 is 0.733 bits per heavy atom. The average Bonchev–Trinajstić information content (AvgIpc) is 2.81. The zero-order valence-electron chi connectivity index (χ0n) is 16.8. The van der Waals surface area contributed by atoms with Gasteiger partial charge in [-0.05, 0) is 61.7 Å². The Morgan fingerprint density at radius 2 is 1.57 bits per heavy atom. The standard InChI is InChI=1S/C24H24N6/c1-2-16-30(17-3-1)20-11-9-19(10-12-20)27-22-13-15-26-24(29-22)28-21-8-4-6-18-7-5-14-25-23(18)21/h4-15H,1-3,16-17H2,(H2,26,27,28,29). The summed E-state index contributed by atoms with van der Waals surface area (Å²) in [5.74, 6) is 1.27. The van der Waals surface area contributed by atoms with Gasteiger partial charge < -0.3 is 15.5 Å². The van der Waals surface area contributed by atoms with Crippen molar-refractivity contribution in [2.75, 3.05) is 28.6 Å². The highest BCUT2D eigenvalue weighted by molar-refractivity contribution is 5.91. The van der Waals surface area contributed by atoms with Gasteiger partial charge in [-0.15, -0.1) is 0 Å². The molecule has 150 valence electrons. The van der Waals surface area contributed by atoms with Gasteiger partial charge in [0.25, 0.3) is 0 Å². The molecule has 0 spiro atoms. The van der Waals surface area contributed by atoms with E-state index < -0.39 is 0 Å². The molecule has 0 radical (unpaired) electrons. The fourth-order valence-electron chi connectivity index (χ4n) is 3.87. The molecule has 0 saturated carbocycles. The molecule has 0 unspecified atom stereocenters. The van der Waals surface area contributed by atoms with E-state index in [4.69, 9.17) is 0 Å². The van der Waals surface area contributed by atoms with E-state index in [1.165, 1.54) is 24.9 Å². The minimum absolute atomic E-state index is 0.531. The largest absolute Gasteiger partial charge is 0.372 e. The molecule has 1 saturated heterocycles. The van der Waals surface area contributed by atoms with Gasteiger partial charge in [0.15, 0.2) is 0 Å². The first kappa shape index (κ1) is 18.4. The van der Waals surface area contributed by atoms with E-state index in [0.717, 1.165) is 41.2 Å². The summed E-state index contributed by atoms with van der Waals surface area (Å²) >= 11 is 0. The SMILES string of the molecule is c1cnc2c(Nc3nccc(Nc4ccc(N5CCCCC5)cc4)n3)cccc2c1. The molecular weight excluding hydrogens is 372 g/mol. The van der Waals surface area contributed by atoms with Crippen LogP contribution in [0.4, 0.5) is 28.8 Å². The highest BCUT2D eigenvalue weighted by Crippen LogP contribution is 2.25. The zero-order chi connectivity index (χ0) is 20.2. The van der Waals surface area contributed by atoms with E-state index >= 15 is 0 Å². The average molecular weight is 396 g/mol. The van der Waals surface area contributed by atoms with Crippen molar-refractivity contribution < 1.29 is 0 Å². The lowest BCUT2D eigenvalue weighted by Gasteiger charge is -2.28. The van der Waals surface area contributed by atoms with Gasteiger partial charge in [-0.2, -0.15) is 4.98 Å². The van der Waals surface area contributed by atoms with Gasteiger partial charge in [-0.3, -0.25) is 4.98 Å². The van der Waals surface area contributed by atoms with E-state index in [1.54, 1.807) is 12.4 Å². The number of benzene rings is 2. The van der Waals surface area contributed by atoms with E-state index in [1.807, 2.05) is 36.4 Å². The van der Waals surface area contributed by atoms with Crippen LogP contribution < -0.4 is 15.5 Å². The van der Waals surface area contributed by atoms with Crippen molar-refractivity contribution in [1.82, 2.24) is 15.0 Å². The lowest BCUT2D eigenvalue weighted by atomic mass is 10.1. The summed E-state index contributed by atoms with van der Waals surface area (Å²) in [6.45, 7) is 2.30. The van der Waals surface area contributed by atoms with Crippen molar-refractivity contribution in [3.8, 4) is 0 Å². The van der Waals surface area contributed by atoms with Crippen LogP contribution in [0, 0.1) is 0 Å². The van der Waals surface area contributed by atoms with Crippen molar-refractivity contribution in [1.29, 1.82) is 0 Å². The van der Waals surface area contributed by atoms with Gasteiger partial charge in [0.2, 0.25) is 5.95 Å². The maximum atomic E-state index is 4.61. The molecule has 6 heteroatoms. The highest BCUT2D eigenvalue weighted by atomic mass is 15.1. The van der Waals surface area contributed by atoms with Crippen molar-refractivity contribution in [3.63, 3.8) is 0 Å². The molecular formula is C24H24N6. The first-order chi connectivity index (χ1) is 14.8. The number of pyridine rings is 1. The Kier molecular flexibility index (Phi) is 5.12. The predicted molar refractivity (Wildman–Crippen MR) is 123 cm³/mol. The number of para-hydroxylation sites is 1. The maximum Gasteiger partial charge on any atom is 0.229 e. The first-order valence-corrected chi connectivity index (χ1v) is 10.4. The van der Waals surface area contributed by atoms with Crippen LogP contribution in [0.5, 0.6) is 0 Å². The summed E-state index contributed by atoms with van der Waals surface area (Å²) in [6.07, 6.45) is 7.44. The van der Waals surface area contributed by atoms with Gasteiger partial charge in [0, 0.05) is 42.2 Å². The maximum absolute atomic E-state index is 4.61. The zero-order valence-corrected chi connectivity index (χ0v) is 16.8. The molecule has 4 aromatic rings. The van der Waals surface area contributed by atoms with E-state index in [2.05, 4.69) is 54.8 Å². The Hall–Kier alpha value is -3.67. The number of fused-ring (bicyclic) bond motifs is 1. The fraction of sp³-hybridized carbons (Fsp3) is 0.208. The number of nitrogens with one attached hydrogen (secondary N) is 2. The highest BCUT2D eigenvalue weighted by Gasteiger charge is 2.11. The van der Waals surface area contributed by atoms with Crippen LogP contribution in [-0.2, 0) is 0 Å². The number of hydrogen-bond acceptors (Lipinski definition) is 6. The molecule has 30 heavy (non-hydrogen) atoms. The summed E-state index contributed by atoms with van der Waals surface area (Å²) in [5.41, 5.74) is 4.08. The molecule has 3 heterocycles. The lowest BCUT2D eigenvalue weighted by Crippen LogP contribution is -2.29. The minimum atomic E-state index is 0.531. The Labute approximate surface area is 176 Å². The van der Waals surface area contributed by atoms with Crippen LogP contribution in [-0.4, -0.2) is 28.0 Å². The van der Waals surface area contributed by atoms with Gasteiger partial charge in [0.1, 0.15) is 5.82 Å². The van der Waals surface area contributed by atoms with Crippen LogP contribution in [0.3, 0.4) is 0 Å². The fourth-order valence-corrected chi connectivity index (χ4v) is 3.87. The number of nitrogens with zero attached hydrogens (tertiary/aromatic N) is 4. The van der Waals surface area contributed by atoms with E-state index in [0.29, 0.717) is 5.95 Å². The third kappa shape index (κ3) is 4.03. The van der Waals surface area contributed by atoms with Gasteiger partial charge >= 0.3 is 0 Å². The third-order valence-electron chi connectivity index (χ3n) is 5.40. The Morgan fingerprint density at radius 3 is 2.43 bits per heavy atom. The molecule has 1 fully saturated rings. The van der Waals surface area contributed by atoms with Crippen LogP contribution >= 0.6 is 0 Å². The third-order valence-corrected chi connectivity index (χ3v) is 5.40. The number of piperidine rings is 1. The Balaban J connectivity index is 1.31. The number of aromatic nitrogens is 3. The molecule has 2 aromatic carbocycles. The van der Waals surface area contributed by atoms with E-state index in [9.17, 15) is 0 Å². The smallest absolute Gasteiger partial charge is 0.229 e. The lowest BCUT2D eigenvalue weighted by molar-refractivity contribution is 0.578. The summed E-state index contributed by atoms with van der Waals surface area (Å²) in [5, 5.41) is 7.74. The first-order valence-electron chi connectivity index (χ1n) is 10.4. The summed E-state index contributed by atoms with van der Waals surface area (Å²) < 4.78 is 0. The second-order valence-corrected chi connectivity index (χ2v) is 7.49. The molecule has 1 aliphatic heterocycles. The monoisotopic (exact) mass is 396 g/mol. The van der Waals surface area contributed by atoms with Crippen molar-refractivity contribution in [2.24, 2.45) is 0 Å². The number of hydrogen-bond donors (Lipinski definition) is 2. The molecule has 2 N–H and O–H groups in total. The summed E-state index contributed by atoms with van der Waals surface area (Å²) in [6, 6.07) is 20.4. The number of anilines is 5. The van der Waals surface area contributed by atoms with Gasteiger partial charge in [-0.1, -0.05) is 18.2 Å². The Bertz CT molecular complexity index is 1130. The van der Waals surface area contributed by atoms with Crippen molar-refractivity contribution in [2.45, 2.75) is 19.3 Å². The van der Waals surface area contributed by atoms with Crippen LogP contribution in [0.2, 0.25) is 0 Å². The minimum Gasteiger partial charge on any atom is -0.372 e. The second-order valence-electron chi connectivity index (χ2n) is 7.49. The van der Waals surface area contributed by atoms with Crippen molar-refractivity contribution in [3.05, 3.63) is 73.1 Å². The summed E-state index contributed by atoms with van der Waals surface area (Å²) in [4.78, 5) is 15.9. The molecule has 5 rings (SSSR count). The van der Waals surface area contributed by atoms with Crippen LogP contribution in [0.15, 0.2) is 73.1 Å². The van der Waals surface area contributed by atoms with Gasteiger partial charge in [-0.25, -0.2) is 4.98 Å². The molecule has 1 aliphatic rings. The predicted octanol–water partition coefficient (Wildman–Crippen LogP) is 5.50. The van der Waals surface area contributed by atoms with Crippen molar-refractivity contribution >= 4 is 39.7 Å². The molecule has 0 bridgehead atoms. The molecule has 6 nitrogen and oxygen atoms in total. The molecule has 0 amide bonds. The molecule has 0 aliphatic carbocycles. The number of rotatable bonds is 5. The van der Waals surface area contributed by atoms with Gasteiger partial charge in [0.05, 0.1) is 11.2 Å². The quantitative estimate of drug-likeness (QED) is 0.464. The normalized spacial score (nSPS) is 13.9.